The smallest absolute Gasteiger partial charge is 0.364 e. The van der Waals surface area contributed by atoms with Crippen LogP contribution >= 0.6 is 0 Å². The largest absolute Gasteiger partial charge is 0.477 e. The quantitative estimate of drug-likeness (QED) is 0.268. The van der Waals surface area contributed by atoms with E-state index < -0.39 is 55.3 Å². The van der Waals surface area contributed by atoms with Crippen LogP contribution in [0.4, 0.5) is 0 Å². The Morgan fingerprint density at radius 3 is 2.39 bits per heavy atom. The highest BCUT2D eigenvalue weighted by Gasteiger charge is 2.53. The predicted octanol–water partition coefficient (Wildman–Crippen LogP) is -4.02. The van der Waals surface area contributed by atoms with Crippen molar-refractivity contribution in [2.75, 3.05) is 6.61 Å². The van der Waals surface area contributed by atoms with Crippen LogP contribution in [0.1, 0.15) is 6.42 Å². The molecule has 1 aliphatic rings. The number of hydrogen-bond donors (Lipinski definition) is 7. The fraction of sp³-hybridized carbons (Fsp3) is 0.889. The molecule has 0 aromatic carbocycles. The Hall–Kier alpha value is -0.810. The SMILES string of the molecule is O=C(O)[C@@]1(O)C[C@@H](O)[C@@H](O)[C@H]([C@H](O)[C@H](O)CO)O1. The molecule has 9 nitrogen and oxygen atoms in total. The summed E-state index contributed by atoms with van der Waals surface area (Å²) < 4.78 is 4.63. The number of ether oxygens (including phenoxy) is 1. The summed E-state index contributed by atoms with van der Waals surface area (Å²) in [7, 11) is 0. The van der Waals surface area contributed by atoms with Crippen LogP contribution in [0.15, 0.2) is 0 Å². The monoisotopic (exact) mass is 268 g/mol. The molecule has 18 heavy (non-hydrogen) atoms. The minimum absolute atomic E-state index is 0.790. The number of aliphatic hydroxyl groups is 6. The third-order valence-corrected chi connectivity index (χ3v) is 2.80. The van der Waals surface area contributed by atoms with Crippen LogP contribution in [0.25, 0.3) is 0 Å². The van der Waals surface area contributed by atoms with Gasteiger partial charge >= 0.3 is 5.97 Å². The van der Waals surface area contributed by atoms with Gasteiger partial charge in [0.05, 0.1) is 12.7 Å². The van der Waals surface area contributed by atoms with Crippen molar-refractivity contribution in [3.05, 3.63) is 0 Å². The molecule has 7 N–H and O–H groups in total. The Balaban J connectivity index is 2.92. The van der Waals surface area contributed by atoms with Gasteiger partial charge in [0.1, 0.15) is 24.4 Å². The minimum atomic E-state index is -2.78. The highest BCUT2D eigenvalue weighted by atomic mass is 16.7. The van der Waals surface area contributed by atoms with Gasteiger partial charge in [0.25, 0.3) is 5.79 Å². The van der Waals surface area contributed by atoms with E-state index >= 15 is 0 Å². The average molecular weight is 268 g/mol. The summed E-state index contributed by atoms with van der Waals surface area (Å²) in [5, 5.41) is 64.6. The molecule has 1 saturated heterocycles. The second-order valence-corrected chi connectivity index (χ2v) is 4.17. The number of carboxylic acid groups (broad SMARTS) is 1. The van der Waals surface area contributed by atoms with E-state index in [0.29, 0.717) is 0 Å². The van der Waals surface area contributed by atoms with Crippen LogP contribution in [0.3, 0.4) is 0 Å². The highest BCUT2D eigenvalue weighted by Crippen LogP contribution is 2.30. The lowest BCUT2D eigenvalue weighted by Crippen LogP contribution is -2.63. The summed E-state index contributed by atoms with van der Waals surface area (Å²) in [6.07, 6.45) is -9.50. The number of carboxylic acids is 1. The minimum Gasteiger partial charge on any atom is -0.477 e. The number of carbonyl (C=O) groups is 1. The summed E-state index contributed by atoms with van der Waals surface area (Å²) in [6.45, 7) is -0.866. The average Bonchev–Trinajstić information content (AvgIpc) is 2.31. The first-order chi connectivity index (χ1) is 8.23. The molecule has 0 spiro atoms. The zero-order valence-corrected chi connectivity index (χ0v) is 9.25. The molecule has 1 rings (SSSR count). The number of rotatable bonds is 4. The van der Waals surface area contributed by atoms with E-state index in [1.807, 2.05) is 0 Å². The van der Waals surface area contributed by atoms with Gasteiger partial charge in [0, 0.05) is 6.42 Å². The Bertz CT molecular complexity index is 308. The van der Waals surface area contributed by atoms with Gasteiger partial charge in [-0.25, -0.2) is 4.79 Å². The van der Waals surface area contributed by atoms with Crippen molar-refractivity contribution in [1.82, 2.24) is 0 Å². The molecule has 6 atom stereocenters. The molecule has 0 aromatic rings. The second-order valence-electron chi connectivity index (χ2n) is 4.17. The number of aliphatic hydroxyl groups excluding tert-OH is 5. The molecular weight excluding hydrogens is 252 g/mol. The summed E-state index contributed by atoms with van der Waals surface area (Å²) >= 11 is 0. The molecule has 0 amide bonds. The van der Waals surface area contributed by atoms with Crippen molar-refractivity contribution < 1.29 is 45.3 Å². The van der Waals surface area contributed by atoms with Crippen molar-refractivity contribution in [2.24, 2.45) is 0 Å². The third kappa shape index (κ3) is 2.78. The van der Waals surface area contributed by atoms with Gasteiger partial charge in [0.2, 0.25) is 0 Å². The van der Waals surface area contributed by atoms with Crippen LogP contribution in [-0.2, 0) is 9.53 Å². The normalized spacial score (nSPS) is 40.2. The molecular formula is C9H16O9. The molecule has 0 aromatic heterocycles. The first-order valence-electron chi connectivity index (χ1n) is 5.19. The molecule has 0 bridgehead atoms. The van der Waals surface area contributed by atoms with E-state index in [0.717, 1.165) is 0 Å². The molecule has 1 fully saturated rings. The topological polar surface area (TPSA) is 168 Å². The van der Waals surface area contributed by atoms with Gasteiger partial charge in [-0.2, -0.15) is 0 Å². The number of hydrogen-bond acceptors (Lipinski definition) is 8. The zero-order chi connectivity index (χ0) is 14.1. The molecule has 0 radical (unpaired) electrons. The van der Waals surface area contributed by atoms with Crippen molar-refractivity contribution in [2.45, 2.75) is 42.7 Å². The van der Waals surface area contributed by atoms with E-state index in [1.165, 1.54) is 0 Å². The van der Waals surface area contributed by atoms with Crippen molar-refractivity contribution >= 4 is 5.97 Å². The van der Waals surface area contributed by atoms with E-state index in [1.54, 1.807) is 0 Å². The standard InChI is InChI=1S/C9H16O9/c10-2-4(12)6(14)7-5(13)3(11)1-9(17,18-7)8(15)16/h3-7,10-14,17H,1-2H2,(H,15,16)/t3-,4-,5-,6-,7-,9-/m1/s1. The van der Waals surface area contributed by atoms with Gasteiger partial charge in [-0.3, -0.25) is 0 Å². The van der Waals surface area contributed by atoms with Crippen molar-refractivity contribution in [3.63, 3.8) is 0 Å². The van der Waals surface area contributed by atoms with Gasteiger partial charge in [-0.05, 0) is 0 Å². The van der Waals surface area contributed by atoms with Gasteiger partial charge in [-0.15, -0.1) is 0 Å². The van der Waals surface area contributed by atoms with Crippen molar-refractivity contribution in [1.29, 1.82) is 0 Å². The summed E-state index contributed by atoms with van der Waals surface area (Å²) in [5.41, 5.74) is 0. The van der Waals surface area contributed by atoms with Gasteiger partial charge < -0.3 is 40.5 Å². The molecule has 1 heterocycles. The molecule has 0 aliphatic carbocycles. The Kier molecular flexibility index (Phi) is 4.61. The first-order valence-corrected chi connectivity index (χ1v) is 5.19. The fourth-order valence-electron chi connectivity index (χ4n) is 1.70. The zero-order valence-electron chi connectivity index (χ0n) is 9.25. The second kappa shape index (κ2) is 5.45. The highest BCUT2D eigenvalue weighted by molar-refractivity contribution is 5.75. The molecule has 0 unspecified atom stereocenters. The first kappa shape index (κ1) is 15.2. The van der Waals surface area contributed by atoms with Crippen LogP contribution in [0, 0.1) is 0 Å². The Morgan fingerprint density at radius 2 is 1.94 bits per heavy atom. The maximum absolute atomic E-state index is 10.8. The lowest BCUT2D eigenvalue weighted by Gasteiger charge is -2.42. The maximum Gasteiger partial charge on any atom is 0.364 e. The van der Waals surface area contributed by atoms with Crippen LogP contribution < -0.4 is 0 Å². The van der Waals surface area contributed by atoms with Crippen LogP contribution in [0.5, 0.6) is 0 Å². The molecule has 1 aliphatic heterocycles. The van der Waals surface area contributed by atoms with E-state index in [2.05, 4.69) is 4.74 Å². The third-order valence-electron chi connectivity index (χ3n) is 2.80. The Labute approximate surface area is 101 Å². The van der Waals surface area contributed by atoms with Crippen LogP contribution in [0.2, 0.25) is 0 Å². The van der Waals surface area contributed by atoms with E-state index in [9.17, 15) is 30.3 Å². The molecule has 0 saturated carbocycles. The summed E-state index contributed by atoms with van der Waals surface area (Å²) in [4.78, 5) is 10.8. The van der Waals surface area contributed by atoms with Crippen LogP contribution in [-0.4, -0.2) is 84.6 Å². The van der Waals surface area contributed by atoms with E-state index in [4.69, 9.17) is 10.2 Å². The summed E-state index contributed by atoms with van der Waals surface area (Å²) in [6, 6.07) is 0. The predicted molar refractivity (Wildman–Crippen MR) is 53.2 cm³/mol. The fourth-order valence-corrected chi connectivity index (χ4v) is 1.70. The maximum atomic E-state index is 10.8. The van der Waals surface area contributed by atoms with E-state index in [-0.39, 0.29) is 0 Å². The number of aliphatic carboxylic acids is 1. The molecule has 9 heteroatoms. The van der Waals surface area contributed by atoms with Gasteiger partial charge in [-0.1, -0.05) is 0 Å². The Morgan fingerprint density at radius 1 is 1.39 bits per heavy atom. The lowest BCUT2D eigenvalue weighted by atomic mass is 9.91. The molecule has 106 valence electrons. The van der Waals surface area contributed by atoms with Gasteiger partial charge in [0.15, 0.2) is 0 Å². The summed E-state index contributed by atoms with van der Waals surface area (Å²) in [5.74, 6) is -4.58. The van der Waals surface area contributed by atoms with Crippen molar-refractivity contribution in [3.8, 4) is 0 Å². The lowest BCUT2D eigenvalue weighted by molar-refractivity contribution is -0.312.